The van der Waals surface area contributed by atoms with Crippen molar-refractivity contribution in [1.29, 1.82) is 0 Å². The van der Waals surface area contributed by atoms with E-state index in [4.69, 9.17) is 9.47 Å². The van der Waals surface area contributed by atoms with E-state index in [1.54, 1.807) is 23.1 Å². The molecule has 10 heteroatoms. The van der Waals surface area contributed by atoms with E-state index in [-0.39, 0.29) is 23.3 Å². The topological polar surface area (TPSA) is 105 Å². The highest BCUT2D eigenvalue weighted by molar-refractivity contribution is 7.89. The van der Waals surface area contributed by atoms with E-state index in [1.807, 2.05) is 31.2 Å². The summed E-state index contributed by atoms with van der Waals surface area (Å²) in [6.45, 7) is 4.05. The Balaban J connectivity index is 1.20. The van der Waals surface area contributed by atoms with Crippen LogP contribution >= 0.6 is 0 Å². The van der Waals surface area contributed by atoms with Gasteiger partial charge in [-0.05, 0) is 86.7 Å². The van der Waals surface area contributed by atoms with Crippen LogP contribution < -0.4 is 19.7 Å². The predicted molar refractivity (Wildman–Crippen MR) is 157 cm³/mol. The number of nitrogens with zero attached hydrogens (tertiary/aromatic N) is 2. The number of ether oxygens (including phenoxy) is 2. The number of aryl methyl sites for hydroxylation is 1. The monoisotopic (exact) mass is 577 g/mol. The van der Waals surface area contributed by atoms with Gasteiger partial charge < -0.3 is 19.7 Å². The van der Waals surface area contributed by atoms with Crippen molar-refractivity contribution in [2.24, 2.45) is 0 Å². The summed E-state index contributed by atoms with van der Waals surface area (Å²) in [5.41, 5.74) is 2.52. The van der Waals surface area contributed by atoms with Crippen LogP contribution in [0.4, 0.5) is 11.4 Å². The number of unbranched alkanes of at least 4 members (excludes halogenated alkanes) is 1. The number of rotatable bonds is 10. The number of piperidine rings is 1. The van der Waals surface area contributed by atoms with Gasteiger partial charge in [0, 0.05) is 30.9 Å². The molecule has 1 saturated heterocycles. The summed E-state index contributed by atoms with van der Waals surface area (Å²) in [6.07, 6.45) is 4.26. The molecule has 2 heterocycles. The average Bonchev–Trinajstić information content (AvgIpc) is 2.99. The lowest BCUT2D eigenvalue weighted by atomic mass is 10.1. The summed E-state index contributed by atoms with van der Waals surface area (Å²) in [4.78, 5) is 27.5. The Morgan fingerprint density at radius 1 is 0.976 bits per heavy atom. The third-order valence-electron chi connectivity index (χ3n) is 7.36. The third kappa shape index (κ3) is 6.71. The first-order chi connectivity index (χ1) is 19.8. The Hall–Kier alpha value is -3.89. The molecular weight excluding hydrogens is 542 g/mol. The molecule has 3 aromatic carbocycles. The molecule has 0 radical (unpaired) electrons. The van der Waals surface area contributed by atoms with Crippen molar-refractivity contribution in [3.63, 3.8) is 0 Å². The van der Waals surface area contributed by atoms with E-state index in [9.17, 15) is 18.0 Å². The van der Waals surface area contributed by atoms with Crippen molar-refractivity contribution in [2.75, 3.05) is 43.1 Å². The van der Waals surface area contributed by atoms with Gasteiger partial charge in [-0.2, -0.15) is 4.31 Å². The van der Waals surface area contributed by atoms with E-state index in [1.165, 1.54) is 28.6 Å². The molecule has 2 aliphatic rings. The van der Waals surface area contributed by atoms with Crippen LogP contribution in [0.15, 0.2) is 71.6 Å². The Morgan fingerprint density at radius 3 is 2.49 bits per heavy atom. The largest absolute Gasteiger partial charge is 0.493 e. The fourth-order valence-electron chi connectivity index (χ4n) is 5.03. The van der Waals surface area contributed by atoms with Crippen LogP contribution in [0.3, 0.4) is 0 Å². The Morgan fingerprint density at radius 2 is 1.73 bits per heavy atom. The van der Waals surface area contributed by atoms with Gasteiger partial charge in [0.2, 0.25) is 10.0 Å². The molecule has 0 bridgehead atoms. The van der Waals surface area contributed by atoms with Crippen molar-refractivity contribution in [1.82, 2.24) is 4.31 Å². The molecule has 2 amide bonds. The van der Waals surface area contributed by atoms with Crippen molar-refractivity contribution in [3.8, 4) is 11.5 Å². The fourth-order valence-corrected chi connectivity index (χ4v) is 6.55. The molecule has 3 aromatic rings. The summed E-state index contributed by atoms with van der Waals surface area (Å²) in [5, 5.41) is 2.85. The van der Waals surface area contributed by atoms with E-state index in [0.29, 0.717) is 48.9 Å². The Bertz CT molecular complexity index is 1500. The van der Waals surface area contributed by atoms with Gasteiger partial charge in [-0.25, -0.2) is 8.42 Å². The number of amides is 2. The number of carbonyl (C=O) groups excluding carboxylic acids is 2. The molecule has 2 aliphatic heterocycles. The van der Waals surface area contributed by atoms with Crippen LogP contribution in [-0.4, -0.2) is 57.4 Å². The molecule has 9 nitrogen and oxygen atoms in total. The molecule has 216 valence electrons. The van der Waals surface area contributed by atoms with Crippen molar-refractivity contribution in [2.45, 2.75) is 43.9 Å². The highest BCUT2D eigenvalue weighted by Crippen LogP contribution is 2.35. The van der Waals surface area contributed by atoms with Gasteiger partial charge >= 0.3 is 0 Å². The highest BCUT2D eigenvalue weighted by atomic mass is 32.2. The fraction of sp³-hybridized carbons (Fsp3) is 0.355. The van der Waals surface area contributed by atoms with Gasteiger partial charge in [0.1, 0.15) is 11.5 Å². The molecule has 0 spiro atoms. The van der Waals surface area contributed by atoms with Gasteiger partial charge in [0.25, 0.3) is 11.8 Å². The number of fused-ring (bicyclic) bond motifs is 1. The summed E-state index contributed by atoms with van der Waals surface area (Å²) in [7, 11) is -3.57. The zero-order valence-electron chi connectivity index (χ0n) is 23.2. The summed E-state index contributed by atoms with van der Waals surface area (Å²) in [6, 6.07) is 19.0. The number of carbonyl (C=O) groups is 2. The van der Waals surface area contributed by atoms with E-state index < -0.39 is 10.0 Å². The highest BCUT2D eigenvalue weighted by Gasteiger charge is 2.27. The van der Waals surface area contributed by atoms with Gasteiger partial charge in [-0.3, -0.25) is 9.59 Å². The second-order valence-corrected chi connectivity index (χ2v) is 12.2. The lowest BCUT2D eigenvalue weighted by molar-refractivity contribution is -0.121. The van der Waals surface area contributed by atoms with Gasteiger partial charge in [0.05, 0.1) is 17.2 Å². The van der Waals surface area contributed by atoms with Crippen LogP contribution in [0.1, 0.15) is 48.0 Å². The molecule has 0 unspecified atom stereocenters. The van der Waals surface area contributed by atoms with E-state index in [0.717, 1.165) is 43.4 Å². The van der Waals surface area contributed by atoms with Crippen LogP contribution in [0.25, 0.3) is 0 Å². The van der Waals surface area contributed by atoms with Crippen LogP contribution in [0, 0.1) is 6.92 Å². The number of nitrogens with one attached hydrogen (secondary N) is 1. The standard InChI is InChI=1S/C31H35N3O6S/c1-23-9-3-4-10-28(23)39-20-8-7-19-34-27-21-25(13-16-29(27)40-22-30(34)35)32-31(36)24-11-14-26(15-12-24)41(37,38)33-17-5-2-6-18-33/h3-4,9-16,21H,2,5-8,17-20,22H2,1H3,(H,32,36). The number of hydrogen-bond acceptors (Lipinski definition) is 6. The molecule has 0 aliphatic carbocycles. The zero-order chi connectivity index (χ0) is 28.8. The van der Waals surface area contributed by atoms with Gasteiger partial charge in [0.15, 0.2) is 6.61 Å². The third-order valence-corrected chi connectivity index (χ3v) is 9.27. The molecule has 5 rings (SSSR count). The summed E-state index contributed by atoms with van der Waals surface area (Å²) < 4.78 is 38.8. The number of sulfonamides is 1. The second-order valence-electron chi connectivity index (χ2n) is 10.3. The summed E-state index contributed by atoms with van der Waals surface area (Å²) in [5.74, 6) is 0.908. The average molecular weight is 578 g/mol. The number of anilines is 2. The maximum atomic E-state index is 13.0. The van der Waals surface area contributed by atoms with E-state index in [2.05, 4.69) is 5.32 Å². The minimum Gasteiger partial charge on any atom is -0.493 e. The number of hydrogen-bond donors (Lipinski definition) is 1. The zero-order valence-corrected chi connectivity index (χ0v) is 24.0. The molecular formula is C31H35N3O6S. The van der Waals surface area contributed by atoms with Crippen LogP contribution in [0.5, 0.6) is 11.5 Å². The lowest BCUT2D eigenvalue weighted by Gasteiger charge is -2.30. The Labute approximate surface area is 241 Å². The maximum Gasteiger partial charge on any atom is 0.265 e. The lowest BCUT2D eigenvalue weighted by Crippen LogP contribution is -2.39. The van der Waals surface area contributed by atoms with Gasteiger partial charge in [-0.15, -0.1) is 0 Å². The first-order valence-corrected chi connectivity index (χ1v) is 15.4. The molecule has 0 saturated carbocycles. The van der Waals surface area contributed by atoms with Crippen LogP contribution in [-0.2, 0) is 14.8 Å². The van der Waals surface area contributed by atoms with E-state index >= 15 is 0 Å². The Kier molecular flexibility index (Phi) is 8.90. The molecule has 0 atom stereocenters. The normalized spacial score (nSPS) is 15.6. The molecule has 1 fully saturated rings. The van der Waals surface area contributed by atoms with Gasteiger partial charge in [-0.1, -0.05) is 24.6 Å². The molecule has 41 heavy (non-hydrogen) atoms. The SMILES string of the molecule is Cc1ccccc1OCCCCN1C(=O)COc2ccc(NC(=O)c3ccc(S(=O)(=O)N4CCCCC4)cc3)cc21. The second kappa shape index (κ2) is 12.7. The quantitative estimate of drug-likeness (QED) is 0.340. The smallest absolute Gasteiger partial charge is 0.265 e. The first-order valence-electron chi connectivity index (χ1n) is 14.0. The van der Waals surface area contributed by atoms with Crippen LogP contribution in [0.2, 0.25) is 0 Å². The minimum atomic E-state index is -3.57. The maximum absolute atomic E-state index is 13.0. The molecule has 0 aromatic heterocycles. The summed E-state index contributed by atoms with van der Waals surface area (Å²) >= 11 is 0. The van der Waals surface area contributed by atoms with Crippen molar-refractivity contribution >= 4 is 33.2 Å². The van der Waals surface area contributed by atoms with Crippen molar-refractivity contribution in [3.05, 3.63) is 77.9 Å². The first kappa shape index (κ1) is 28.6. The number of para-hydroxylation sites is 1. The molecule has 1 N–H and O–H groups in total. The minimum absolute atomic E-state index is 0.0366. The van der Waals surface area contributed by atoms with Crippen molar-refractivity contribution < 1.29 is 27.5 Å². The number of benzene rings is 3. The predicted octanol–water partition coefficient (Wildman–Crippen LogP) is 5.01.